The lowest BCUT2D eigenvalue weighted by molar-refractivity contribution is -0.155. The molecule has 0 fully saturated rings. The van der Waals surface area contributed by atoms with Crippen molar-refractivity contribution in [1.29, 1.82) is 0 Å². The van der Waals surface area contributed by atoms with E-state index < -0.39 is 35.6 Å². The van der Waals surface area contributed by atoms with Crippen LogP contribution >= 0.6 is 0 Å². The van der Waals surface area contributed by atoms with Crippen molar-refractivity contribution >= 4 is 22.8 Å². The molecule has 0 bridgehead atoms. The van der Waals surface area contributed by atoms with E-state index in [9.17, 15) is 19.8 Å². The maximum atomic E-state index is 13.2. The van der Waals surface area contributed by atoms with Crippen LogP contribution in [0.2, 0.25) is 0 Å². The van der Waals surface area contributed by atoms with Gasteiger partial charge in [-0.1, -0.05) is 45.9 Å². The number of ketones is 1. The summed E-state index contributed by atoms with van der Waals surface area (Å²) < 4.78 is 7.85. The smallest absolute Gasteiger partial charge is 0.309 e. The third kappa shape index (κ3) is 6.01. The molecule has 5 atom stereocenters. The van der Waals surface area contributed by atoms with Gasteiger partial charge in [-0.2, -0.15) is 0 Å². The van der Waals surface area contributed by atoms with E-state index in [2.05, 4.69) is 11.1 Å². The number of ether oxygens (including phenoxy) is 1. The van der Waals surface area contributed by atoms with Crippen molar-refractivity contribution in [2.45, 2.75) is 85.0 Å². The predicted octanol–water partition coefficient (Wildman–Crippen LogP) is 4.58. The van der Waals surface area contributed by atoms with Crippen LogP contribution in [-0.4, -0.2) is 43.7 Å². The van der Waals surface area contributed by atoms with Crippen LogP contribution in [-0.2, 0) is 21.4 Å². The summed E-state index contributed by atoms with van der Waals surface area (Å²) in [6.07, 6.45) is 4.24. The highest BCUT2D eigenvalue weighted by atomic mass is 16.5. The molecule has 0 amide bonds. The standard InChI is InChI=1S/C28H40N2O5/c1-17-11-9-7-8-10-12-23(20-13-14-22-21(15-20)29-19(3)30(22)6)35-25(32)16-24(31)28(4,5)27(34)18(2)26(17)33/h8,10,13-15,17-18,23-24,26,31,33H,7,9,11-12,16H2,1-6H3/b10-8-/t17-,18+,23-,24-,26?/m0/s1. The summed E-state index contributed by atoms with van der Waals surface area (Å²) in [5.74, 6) is -0.611. The van der Waals surface area contributed by atoms with Crippen molar-refractivity contribution in [3.05, 3.63) is 41.7 Å². The van der Waals surface area contributed by atoms with Crippen LogP contribution in [0.1, 0.15) is 77.3 Å². The summed E-state index contributed by atoms with van der Waals surface area (Å²) in [6.45, 7) is 8.85. The van der Waals surface area contributed by atoms with Crippen molar-refractivity contribution in [1.82, 2.24) is 9.55 Å². The van der Waals surface area contributed by atoms with Gasteiger partial charge in [0.2, 0.25) is 0 Å². The van der Waals surface area contributed by atoms with E-state index in [-0.39, 0.29) is 18.1 Å². The lowest BCUT2D eigenvalue weighted by Gasteiger charge is -2.34. The Labute approximate surface area is 208 Å². The first-order chi connectivity index (χ1) is 16.4. The van der Waals surface area contributed by atoms with E-state index in [4.69, 9.17) is 4.74 Å². The van der Waals surface area contributed by atoms with Crippen LogP contribution in [0.5, 0.6) is 0 Å². The molecule has 2 N–H and O–H groups in total. The second-order valence-electron chi connectivity index (χ2n) is 10.6. The maximum absolute atomic E-state index is 13.2. The zero-order valence-corrected chi connectivity index (χ0v) is 21.8. The summed E-state index contributed by atoms with van der Waals surface area (Å²) >= 11 is 0. The summed E-state index contributed by atoms with van der Waals surface area (Å²) in [6, 6.07) is 5.87. The molecule has 7 nitrogen and oxygen atoms in total. The number of carbonyl (C=O) groups is 2. The normalized spacial score (nSPS) is 30.2. The van der Waals surface area contributed by atoms with Gasteiger partial charge in [0.1, 0.15) is 17.7 Å². The van der Waals surface area contributed by atoms with Gasteiger partial charge < -0.3 is 19.5 Å². The van der Waals surface area contributed by atoms with Crippen molar-refractivity contribution in [3.8, 4) is 0 Å². The van der Waals surface area contributed by atoms with Crippen molar-refractivity contribution in [2.24, 2.45) is 24.3 Å². The van der Waals surface area contributed by atoms with Crippen LogP contribution < -0.4 is 0 Å². The van der Waals surface area contributed by atoms with Gasteiger partial charge in [0.25, 0.3) is 0 Å². The number of fused-ring (bicyclic) bond motifs is 1. The molecule has 7 heteroatoms. The van der Waals surface area contributed by atoms with Crippen LogP contribution in [0.3, 0.4) is 0 Å². The fraction of sp³-hybridized carbons (Fsp3) is 0.607. The number of imidazole rings is 1. The Kier molecular flexibility index (Phi) is 8.54. The summed E-state index contributed by atoms with van der Waals surface area (Å²) in [5, 5.41) is 21.6. The number of aliphatic hydroxyl groups is 2. The lowest BCUT2D eigenvalue weighted by Crippen LogP contribution is -2.45. The minimum absolute atomic E-state index is 0.0468. The molecular weight excluding hydrogens is 444 g/mol. The zero-order valence-electron chi connectivity index (χ0n) is 21.8. The molecule has 1 aromatic carbocycles. The summed E-state index contributed by atoms with van der Waals surface area (Å²) in [5.41, 5.74) is 1.48. The van der Waals surface area contributed by atoms with Gasteiger partial charge in [0, 0.05) is 19.4 Å². The predicted molar refractivity (Wildman–Crippen MR) is 136 cm³/mol. The average molecular weight is 485 g/mol. The second kappa shape index (κ2) is 11.0. The summed E-state index contributed by atoms with van der Waals surface area (Å²) in [7, 11) is 1.96. The SMILES string of the molecule is Cc1nc2cc([C@@H]3C/C=C\CCC[C@H](C)C(O)[C@@H](C)C(=O)C(C)(C)[C@@H](O)CC(=O)O3)ccc2n1C. The van der Waals surface area contributed by atoms with E-state index in [1.165, 1.54) is 0 Å². The number of esters is 1. The number of allylic oxidation sites excluding steroid dienone is 1. The van der Waals surface area contributed by atoms with Gasteiger partial charge in [-0.25, -0.2) is 4.98 Å². The number of hydrogen-bond donors (Lipinski definition) is 2. The highest BCUT2D eigenvalue weighted by Crippen LogP contribution is 2.33. The van der Waals surface area contributed by atoms with E-state index in [1.807, 2.05) is 49.7 Å². The van der Waals surface area contributed by atoms with Gasteiger partial charge in [0.05, 0.1) is 35.1 Å². The van der Waals surface area contributed by atoms with Gasteiger partial charge in [-0.05, 0) is 49.8 Å². The molecule has 2 heterocycles. The third-order valence-electron chi connectivity index (χ3n) is 7.66. The highest BCUT2D eigenvalue weighted by Gasteiger charge is 2.42. The number of benzene rings is 1. The van der Waals surface area contributed by atoms with E-state index in [0.29, 0.717) is 6.42 Å². The van der Waals surface area contributed by atoms with E-state index in [1.54, 1.807) is 20.8 Å². The number of carbonyl (C=O) groups excluding carboxylic acids is 2. The van der Waals surface area contributed by atoms with Crippen LogP contribution in [0.15, 0.2) is 30.4 Å². The first-order valence-corrected chi connectivity index (χ1v) is 12.6. The van der Waals surface area contributed by atoms with Crippen LogP contribution in [0.4, 0.5) is 0 Å². The third-order valence-corrected chi connectivity index (χ3v) is 7.66. The first kappa shape index (κ1) is 27.1. The zero-order chi connectivity index (χ0) is 25.9. The maximum Gasteiger partial charge on any atom is 0.309 e. The molecule has 0 saturated heterocycles. The molecule has 1 aromatic heterocycles. The Balaban J connectivity index is 1.89. The number of nitrogens with zero attached hydrogens (tertiary/aromatic N) is 2. The minimum Gasteiger partial charge on any atom is -0.457 e. The average Bonchev–Trinajstić information content (AvgIpc) is 3.10. The fourth-order valence-corrected chi connectivity index (χ4v) is 4.87. The molecule has 0 aliphatic carbocycles. The molecule has 2 aromatic rings. The molecule has 1 unspecified atom stereocenters. The Morgan fingerprint density at radius 2 is 1.86 bits per heavy atom. The summed E-state index contributed by atoms with van der Waals surface area (Å²) in [4.78, 5) is 30.7. The van der Waals surface area contributed by atoms with Crippen molar-refractivity contribution < 1.29 is 24.5 Å². The quantitative estimate of drug-likeness (QED) is 0.454. The second-order valence-corrected chi connectivity index (χ2v) is 10.6. The Morgan fingerprint density at radius 3 is 2.57 bits per heavy atom. The van der Waals surface area contributed by atoms with Crippen molar-refractivity contribution in [2.75, 3.05) is 0 Å². The number of cyclic esters (lactones) is 1. The molecular formula is C28H40N2O5. The number of aryl methyl sites for hydroxylation is 2. The number of aliphatic hydroxyl groups excluding tert-OH is 2. The highest BCUT2D eigenvalue weighted by molar-refractivity contribution is 5.88. The molecule has 0 spiro atoms. The molecule has 192 valence electrons. The van der Waals surface area contributed by atoms with Crippen LogP contribution in [0.25, 0.3) is 11.0 Å². The van der Waals surface area contributed by atoms with Gasteiger partial charge in [-0.15, -0.1) is 0 Å². The Bertz CT molecular complexity index is 1090. The lowest BCUT2D eigenvalue weighted by atomic mass is 9.73. The molecule has 35 heavy (non-hydrogen) atoms. The molecule has 0 saturated carbocycles. The monoisotopic (exact) mass is 484 g/mol. The Morgan fingerprint density at radius 1 is 1.14 bits per heavy atom. The van der Waals surface area contributed by atoms with E-state index >= 15 is 0 Å². The number of rotatable bonds is 1. The van der Waals surface area contributed by atoms with Crippen molar-refractivity contribution in [3.63, 3.8) is 0 Å². The topological polar surface area (TPSA) is 102 Å². The first-order valence-electron chi connectivity index (χ1n) is 12.6. The number of hydrogen-bond acceptors (Lipinski definition) is 6. The van der Waals surface area contributed by atoms with Gasteiger partial charge >= 0.3 is 5.97 Å². The molecule has 3 rings (SSSR count). The minimum atomic E-state index is -1.22. The van der Waals surface area contributed by atoms with E-state index in [0.717, 1.165) is 41.7 Å². The number of aromatic nitrogens is 2. The van der Waals surface area contributed by atoms with Gasteiger partial charge in [0.15, 0.2) is 0 Å². The molecule has 0 radical (unpaired) electrons. The fourth-order valence-electron chi connectivity index (χ4n) is 4.87. The van der Waals surface area contributed by atoms with Gasteiger partial charge in [-0.3, -0.25) is 9.59 Å². The van der Waals surface area contributed by atoms with Crippen LogP contribution in [0, 0.1) is 24.2 Å². The largest absolute Gasteiger partial charge is 0.457 e. The Hall–Kier alpha value is -2.51. The molecule has 1 aliphatic heterocycles. The molecule has 1 aliphatic rings. The number of Topliss-reactive ketones (excluding diaryl/α,β-unsaturated/α-hetero) is 1.